The molecule has 0 saturated heterocycles. The number of aromatic nitrogens is 2. The Morgan fingerprint density at radius 2 is 2.27 bits per heavy atom. The summed E-state index contributed by atoms with van der Waals surface area (Å²) in [5.74, 6) is 1.10. The van der Waals surface area contributed by atoms with E-state index in [0.29, 0.717) is 0 Å². The van der Waals surface area contributed by atoms with Crippen LogP contribution < -0.4 is 5.32 Å². The SMILES string of the molecule is Cc1nn(C)c(C)c1CNC1=NCCS1. The number of nitrogens with zero attached hydrogens (tertiary/aromatic N) is 3. The molecular formula is C10H16N4S. The van der Waals surface area contributed by atoms with Gasteiger partial charge in [0.15, 0.2) is 5.17 Å². The van der Waals surface area contributed by atoms with Gasteiger partial charge in [0.05, 0.1) is 12.2 Å². The van der Waals surface area contributed by atoms with Crippen molar-refractivity contribution < 1.29 is 0 Å². The fourth-order valence-electron chi connectivity index (χ4n) is 1.68. The molecule has 0 spiro atoms. The number of aliphatic imine (C=N–C) groups is 1. The molecule has 2 heterocycles. The Morgan fingerprint density at radius 1 is 1.47 bits per heavy atom. The predicted molar refractivity (Wildman–Crippen MR) is 64.3 cm³/mol. The van der Waals surface area contributed by atoms with Gasteiger partial charge in [0, 0.05) is 30.6 Å². The van der Waals surface area contributed by atoms with Gasteiger partial charge in [-0.1, -0.05) is 11.8 Å². The number of hydrogen-bond acceptors (Lipinski definition) is 4. The maximum atomic E-state index is 4.39. The monoisotopic (exact) mass is 224 g/mol. The second-order valence-corrected chi connectivity index (χ2v) is 4.75. The topological polar surface area (TPSA) is 42.2 Å². The van der Waals surface area contributed by atoms with E-state index in [0.717, 1.165) is 29.7 Å². The quantitative estimate of drug-likeness (QED) is 0.821. The predicted octanol–water partition coefficient (Wildman–Crippen LogP) is 1.23. The number of rotatable bonds is 2. The fourth-order valence-corrected chi connectivity index (χ4v) is 2.41. The van der Waals surface area contributed by atoms with Crippen LogP contribution in [0.1, 0.15) is 17.0 Å². The highest BCUT2D eigenvalue weighted by Crippen LogP contribution is 2.14. The molecule has 0 fully saturated rings. The van der Waals surface area contributed by atoms with E-state index in [1.165, 1.54) is 11.3 Å². The third-order valence-corrected chi connectivity index (χ3v) is 3.59. The first-order valence-corrected chi connectivity index (χ1v) is 6.07. The minimum atomic E-state index is 0.831. The molecular weight excluding hydrogens is 208 g/mol. The van der Waals surface area contributed by atoms with E-state index in [-0.39, 0.29) is 0 Å². The minimum absolute atomic E-state index is 0.831. The molecule has 15 heavy (non-hydrogen) atoms. The van der Waals surface area contributed by atoms with Gasteiger partial charge in [0.25, 0.3) is 0 Å². The zero-order valence-corrected chi connectivity index (χ0v) is 10.2. The zero-order chi connectivity index (χ0) is 10.8. The van der Waals surface area contributed by atoms with Crippen LogP contribution in [-0.2, 0) is 13.6 Å². The van der Waals surface area contributed by atoms with E-state index in [9.17, 15) is 0 Å². The Morgan fingerprint density at radius 3 is 2.80 bits per heavy atom. The lowest BCUT2D eigenvalue weighted by atomic mass is 10.2. The van der Waals surface area contributed by atoms with Crippen molar-refractivity contribution in [3.8, 4) is 0 Å². The maximum Gasteiger partial charge on any atom is 0.156 e. The van der Waals surface area contributed by atoms with Gasteiger partial charge in [-0.2, -0.15) is 5.10 Å². The van der Waals surface area contributed by atoms with Crippen molar-refractivity contribution in [3.63, 3.8) is 0 Å². The highest BCUT2D eigenvalue weighted by molar-refractivity contribution is 8.14. The summed E-state index contributed by atoms with van der Waals surface area (Å²) in [6, 6.07) is 0. The number of nitrogens with one attached hydrogen (secondary N) is 1. The fraction of sp³-hybridized carbons (Fsp3) is 0.600. The molecule has 0 aromatic carbocycles. The van der Waals surface area contributed by atoms with Crippen LogP contribution in [0.15, 0.2) is 4.99 Å². The van der Waals surface area contributed by atoms with Crippen molar-refractivity contribution >= 4 is 16.9 Å². The largest absolute Gasteiger partial charge is 0.361 e. The Labute approximate surface area is 94.2 Å². The summed E-state index contributed by atoms with van der Waals surface area (Å²) in [4.78, 5) is 4.36. The van der Waals surface area contributed by atoms with Crippen molar-refractivity contribution in [2.45, 2.75) is 20.4 Å². The third-order valence-electron chi connectivity index (χ3n) is 2.66. The molecule has 5 heteroatoms. The smallest absolute Gasteiger partial charge is 0.156 e. The van der Waals surface area contributed by atoms with Crippen LogP contribution in [-0.4, -0.2) is 27.2 Å². The summed E-state index contributed by atoms with van der Waals surface area (Å²) in [7, 11) is 1.98. The van der Waals surface area contributed by atoms with Crippen LogP contribution >= 0.6 is 11.8 Å². The molecule has 4 nitrogen and oxygen atoms in total. The van der Waals surface area contributed by atoms with Gasteiger partial charge in [0.2, 0.25) is 0 Å². The second-order valence-electron chi connectivity index (χ2n) is 3.66. The molecule has 0 radical (unpaired) electrons. The molecule has 0 saturated carbocycles. The molecule has 2 rings (SSSR count). The molecule has 1 aromatic heterocycles. The van der Waals surface area contributed by atoms with E-state index < -0.39 is 0 Å². The third kappa shape index (κ3) is 2.17. The average Bonchev–Trinajstić information content (AvgIpc) is 2.76. The lowest BCUT2D eigenvalue weighted by Gasteiger charge is -2.05. The van der Waals surface area contributed by atoms with Crippen LogP contribution in [0, 0.1) is 13.8 Å². The number of aryl methyl sites for hydroxylation is 2. The summed E-state index contributed by atoms with van der Waals surface area (Å²) < 4.78 is 1.93. The van der Waals surface area contributed by atoms with Crippen molar-refractivity contribution in [1.82, 2.24) is 15.1 Å². The van der Waals surface area contributed by atoms with Gasteiger partial charge in [-0.05, 0) is 13.8 Å². The van der Waals surface area contributed by atoms with Crippen LogP contribution in [0.4, 0.5) is 0 Å². The van der Waals surface area contributed by atoms with Gasteiger partial charge < -0.3 is 5.32 Å². The Kier molecular flexibility index (Phi) is 3.00. The van der Waals surface area contributed by atoms with Gasteiger partial charge in [-0.3, -0.25) is 9.67 Å². The van der Waals surface area contributed by atoms with E-state index >= 15 is 0 Å². The van der Waals surface area contributed by atoms with Crippen molar-refractivity contribution in [1.29, 1.82) is 0 Å². The van der Waals surface area contributed by atoms with Crippen LogP contribution in [0.2, 0.25) is 0 Å². The van der Waals surface area contributed by atoms with Gasteiger partial charge in [0.1, 0.15) is 0 Å². The van der Waals surface area contributed by atoms with Crippen molar-refractivity contribution in [2.75, 3.05) is 12.3 Å². The molecule has 0 aliphatic carbocycles. The first-order valence-electron chi connectivity index (χ1n) is 5.08. The molecule has 1 aliphatic heterocycles. The zero-order valence-electron chi connectivity index (χ0n) is 9.37. The van der Waals surface area contributed by atoms with Crippen LogP contribution in [0.25, 0.3) is 0 Å². The summed E-state index contributed by atoms with van der Waals surface area (Å²) >= 11 is 1.79. The summed E-state index contributed by atoms with van der Waals surface area (Å²) in [5.41, 5.74) is 3.61. The average molecular weight is 224 g/mol. The van der Waals surface area contributed by atoms with Gasteiger partial charge in [-0.25, -0.2) is 0 Å². The lowest BCUT2D eigenvalue weighted by molar-refractivity contribution is 0.729. The van der Waals surface area contributed by atoms with E-state index in [1.54, 1.807) is 11.8 Å². The Bertz CT molecular complexity index is 394. The molecule has 82 valence electrons. The van der Waals surface area contributed by atoms with E-state index in [4.69, 9.17) is 0 Å². The second kappa shape index (κ2) is 4.26. The van der Waals surface area contributed by atoms with Crippen LogP contribution in [0.3, 0.4) is 0 Å². The first kappa shape index (κ1) is 10.5. The van der Waals surface area contributed by atoms with Gasteiger partial charge >= 0.3 is 0 Å². The molecule has 0 amide bonds. The molecule has 1 aromatic rings. The lowest BCUT2D eigenvalue weighted by Crippen LogP contribution is -2.19. The van der Waals surface area contributed by atoms with E-state index in [1.807, 2.05) is 18.7 Å². The molecule has 1 aliphatic rings. The normalized spacial score (nSPS) is 15.5. The maximum absolute atomic E-state index is 4.39. The minimum Gasteiger partial charge on any atom is -0.361 e. The van der Waals surface area contributed by atoms with Crippen molar-refractivity contribution in [3.05, 3.63) is 17.0 Å². The highest BCUT2D eigenvalue weighted by Gasteiger charge is 2.11. The first-order chi connectivity index (χ1) is 7.18. The number of thioether (sulfide) groups is 1. The highest BCUT2D eigenvalue weighted by atomic mass is 32.2. The van der Waals surface area contributed by atoms with Crippen molar-refractivity contribution in [2.24, 2.45) is 12.0 Å². The summed E-state index contributed by atoms with van der Waals surface area (Å²) in [5, 5.41) is 8.81. The summed E-state index contributed by atoms with van der Waals surface area (Å²) in [6.45, 7) is 5.92. The standard InChI is InChI=1S/C10H16N4S/c1-7-9(8(2)14(3)13-7)6-12-10-11-4-5-15-10/h4-6H2,1-3H3,(H,11,12). The van der Waals surface area contributed by atoms with Gasteiger partial charge in [-0.15, -0.1) is 0 Å². The van der Waals surface area contributed by atoms with Crippen LogP contribution in [0.5, 0.6) is 0 Å². The molecule has 1 N–H and O–H groups in total. The number of amidine groups is 1. The molecule has 0 bridgehead atoms. The molecule has 0 unspecified atom stereocenters. The summed E-state index contributed by atoms with van der Waals surface area (Å²) in [6.07, 6.45) is 0. The Balaban J connectivity index is 2.04. The molecule has 0 atom stereocenters. The Hall–Kier alpha value is -0.970. The van der Waals surface area contributed by atoms with E-state index in [2.05, 4.69) is 22.3 Å². The number of hydrogen-bond donors (Lipinski definition) is 1.